The number of thiazole rings is 1. The molecule has 120 valence electrons. The number of rotatable bonds is 5. The quantitative estimate of drug-likeness (QED) is 0.882. The van der Waals surface area contributed by atoms with Crippen LogP contribution in [0.4, 0.5) is 5.13 Å². The number of thioether (sulfide) groups is 1. The number of anilines is 1. The summed E-state index contributed by atoms with van der Waals surface area (Å²) in [6.07, 6.45) is 3.84. The molecule has 0 spiro atoms. The van der Waals surface area contributed by atoms with Gasteiger partial charge in [0.25, 0.3) is 0 Å². The maximum Gasteiger partial charge on any atom is 0.245 e. The number of hydrogen-bond acceptors (Lipinski definition) is 6. The molecule has 0 aromatic carbocycles. The van der Waals surface area contributed by atoms with E-state index in [0.717, 1.165) is 25.3 Å². The Morgan fingerprint density at radius 2 is 2.14 bits per heavy atom. The van der Waals surface area contributed by atoms with E-state index in [2.05, 4.69) is 15.2 Å². The van der Waals surface area contributed by atoms with Crippen LogP contribution in [0.5, 0.6) is 0 Å². The highest BCUT2D eigenvalue weighted by atomic mass is 32.2. The fourth-order valence-corrected chi connectivity index (χ4v) is 4.28. The number of likely N-dealkylation sites (tertiary alicyclic amines) is 1. The molecule has 2 amide bonds. The molecule has 2 aliphatic rings. The molecule has 0 unspecified atom stereocenters. The number of carbonyl (C=O) groups excluding carboxylic acids is 2. The lowest BCUT2D eigenvalue weighted by Crippen LogP contribution is -2.34. The van der Waals surface area contributed by atoms with Gasteiger partial charge in [-0.15, -0.1) is 23.1 Å². The third-order valence-corrected chi connectivity index (χ3v) is 5.54. The van der Waals surface area contributed by atoms with E-state index in [1.165, 1.54) is 42.4 Å². The lowest BCUT2D eigenvalue weighted by Gasteiger charge is -2.25. The molecule has 0 bridgehead atoms. The molecule has 0 atom stereocenters. The summed E-state index contributed by atoms with van der Waals surface area (Å²) >= 11 is 2.99. The van der Waals surface area contributed by atoms with E-state index >= 15 is 0 Å². The third kappa shape index (κ3) is 4.21. The molecule has 2 saturated heterocycles. The first-order valence-electron chi connectivity index (χ1n) is 7.53. The van der Waals surface area contributed by atoms with E-state index in [9.17, 15) is 9.59 Å². The van der Waals surface area contributed by atoms with Crippen LogP contribution in [0.1, 0.15) is 25.0 Å². The number of nitrogens with one attached hydrogen (secondary N) is 1. The van der Waals surface area contributed by atoms with E-state index in [1.54, 1.807) is 4.90 Å². The average molecular weight is 340 g/mol. The number of hydrogen-bond donors (Lipinski definition) is 1. The Kier molecular flexibility index (Phi) is 5.32. The second-order valence-corrected chi connectivity index (χ2v) is 7.41. The van der Waals surface area contributed by atoms with Crippen LogP contribution in [0.3, 0.4) is 0 Å². The Bertz CT molecular complexity index is 543. The zero-order valence-electron chi connectivity index (χ0n) is 12.4. The molecule has 2 fully saturated rings. The predicted molar refractivity (Wildman–Crippen MR) is 88.9 cm³/mol. The predicted octanol–water partition coefficient (Wildman–Crippen LogP) is 1.60. The minimum Gasteiger partial charge on any atom is -0.323 e. The maximum atomic E-state index is 12.0. The summed E-state index contributed by atoms with van der Waals surface area (Å²) in [5.74, 6) is 0.939. The smallest absolute Gasteiger partial charge is 0.245 e. The summed E-state index contributed by atoms with van der Waals surface area (Å²) in [5, 5.41) is 5.42. The lowest BCUT2D eigenvalue weighted by atomic mass is 10.1. The van der Waals surface area contributed by atoms with Gasteiger partial charge in [-0.05, 0) is 25.9 Å². The van der Waals surface area contributed by atoms with Crippen molar-refractivity contribution < 1.29 is 9.59 Å². The van der Waals surface area contributed by atoms with Crippen molar-refractivity contribution in [2.24, 2.45) is 0 Å². The fraction of sp³-hybridized carbons (Fsp3) is 0.643. The van der Waals surface area contributed by atoms with Gasteiger partial charge in [-0.1, -0.05) is 6.42 Å². The first-order valence-corrected chi connectivity index (χ1v) is 9.56. The minimum atomic E-state index is -0.172. The minimum absolute atomic E-state index is 0.0325. The summed E-state index contributed by atoms with van der Waals surface area (Å²) in [7, 11) is 0. The molecule has 2 aliphatic heterocycles. The Balaban J connectivity index is 1.48. The summed E-state index contributed by atoms with van der Waals surface area (Å²) < 4.78 is 0. The topological polar surface area (TPSA) is 65.5 Å². The number of piperidine rings is 1. The molecule has 0 saturated carbocycles. The van der Waals surface area contributed by atoms with Crippen LogP contribution in [-0.2, 0) is 16.1 Å². The molecule has 8 heteroatoms. The third-order valence-electron chi connectivity index (χ3n) is 3.79. The second kappa shape index (κ2) is 7.43. The van der Waals surface area contributed by atoms with Crippen molar-refractivity contribution in [1.29, 1.82) is 0 Å². The van der Waals surface area contributed by atoms with Crippen molar-refractivity contribution in [3.8, 4) is 0 Å². The van der Waals surface area contributed by atoms with E-state index in [-0.39, 0.29) is 18.4 Å². The highest BCUT2D eigenvalue weighted by Gasteiger charge is 2.23. The Labute approximate surface area is 138 Å². The van der Waals surface area contributed by atoms with Crippen LogP contribution >= 0.6 is 23.1 Å². The van der Waals surface area contributed by atoms with Crippen molar-refractivity contribution in [2.75, 3.05) is 36.6 Å². The molecule has 0 radical (unpaired) electrons. The number of nitrogens with zero attached hydrogens (tertiary/aromatic N) is 3. The summed E-state index contributed by atoms with van der Waals surface area (Å²) in [4.78, 5) is 31.9. The van der Waals surface area contributed by atoms with Gasteiger partial charge in [-0.2, -0.15) is 0 Å². The molecule has 6 nitrogen and oxygen atoms in total. The largest absolute Gasteiger partial charge is 0.323 e. The van der Waals surface area contributed by atoms with Gasteiger partial charge in [-0.3, -0.25) is 14.5 Å². The summed E-state index contributed by atoms with van der Waals surface area (Å²) in [6.45, 7) is 3.24. The first-order chi connectivity index (χ1) is 10.7. The van der Waals surface area contributed by atoms with Gasteiger partial charge in [0, 0.05) is 11.9 Å². The molecule has 3 rings (SSSR count). The number of amides is 2. The monoisotopic (exact) mass is 340 g/mol. The van der Waals surface area contributed by atoms with Gasteiger partial charge in [0.05, 0.1) is 17.3 Å². The molecule has 1 aromatic heterocycles. The zero-order chi connectivity index (χ0) is 15.4. The summed E-state index contributed by atoms with van der Waals surface area (Å²) in [6, 6.07) is 0. The average Bonchev–Trinajstić information content (AvgIpc) is 3.10. The second-order valence-electron chi connectivity index (χ2n) is 5.60. The lowest BCUT2D eigenvalue weighted by molar-refractivity contribution is -0.130. The normalized spacial score (nSPS) is 19.6. The Morgan fingerprint density at radius 1 is 1.32 bits per heavy atom. The van der Waals surface area contributed by atoms with Gasteiger partial charge in [-0.25, -0.2) is 4.98 Å². The molecule has 1 N–H and O–H groups in total. The van der Waals surface area contributed by atoms with E-state index in [4.69, 9.17) is 0 Å². The molecular formula is C14H20N4O2S2. The molecule has 0 aliphatic carbocycles. The van der Waals surface area contributed by atoms with Gasteiger partial charge in [0.15, 0.2) is 5.13 Å². The standard InChI is InChI=1S/C14H20N4O2S2/c19-12(7-18-10-21-9-13(18)20)16-14-15-11(8-22-14)6-17-4-2-1-3-5-17/h8H,1-7,9-10H2,(H,15,16,19). The summed E-state index contributed by atoms with van der Waals surface area (Å²) in [5.41, 5.74) is 1.01. The SMILES string of the molecule is O=C(CN1CSCC1=O)Nc1nc(CN2CCCCC2)cs1. The van der Waals surface area contributed by atoms with Crippen LogP contribution < -0.4 is 5.32 Å². The molecule has 22 heavy (non-hydrogen) atoms. The Morgan fingerprint density at radius 3 is 2.86 bits per heavy atom. The zero-order valence-corrected chi connectivity index (χ0v) is 14.0. The number of aromatic nitrogens is 1. The maximum absolute atomic E-state index is 12.0. The van der Waals surface area contributed by atoms with E-state index < -0.39 is 0 Å². The van der Waals surface area contributed by atoms with E-state index in [1.807, 2.05) is 5.38 Å². The van der Waals surface area contributed by atoms with Gasteiger partial charge in [0.2, 0.25) is 11.8 Å². The first kappa shape index (κ1) is 15.8. The van der Waals surface area contributed by atoms with Gasteiger partial charge >= 0.3 is 0 Å². The van der Waals surface area contributed by atoms with Crippen LogP contribution in [0.2, 0.25) is 0 Å². The van der Waals surface area contributed by atoms with Crippen LogP contribution in [0, 0.1) is 0 Å². The van der Waals surface area contributed by atoms with Crippen LogP contribution in [0.15, 0.2) is 5.38 Å². The highest BCUT2D eigenvalue weighted by Crippen LogP contribution is 2.19. The van der Waals surface area contributed by atoms with Gasteiger partial charge < -0.3 is 10.2 Å². The van der Waals surface area contributed by atoms with Gasteiger partial charge in [0.1, 0.15) is 6.54 Å². The van der Waals surface area contributed by atoms with Crippen molar-refractivity contribution in [1.82, 2.24) is 14.8 Å². The van der Waals surface area contributed by atoms with Crippen LogP contribution in [0.25, 0.3) is 0 Å². The van der Waals surface area contributed by atoms with Crippen molar-refractivity contribution in [2.45, 2.75) is 25.8 Å². The van der Waals surface area contributed by atoms with Crippen LogP contribution in [-0.4, -0.2) is 57.9 Å². The Hall–Kier alpha value is -1.12. The van der Waals surface area contributed by atoms with Crippen molar-refractivity contribution in [3.05, 3.63) is 11.1 Å². The molecule has 1 aromatic rings. The van der Waals surface area contributed by atoms with Crippen molar-refractivity contribution >= 4 is 40.0 Å². The van der Waals surface area contributed by atoms with E-state index in [0.29, 0.717) is 16.8 Å². The molecular weight excluding hydrogens is 320 g/mol. The number of carbonyl (C=O) groups is 2. The fourth-order valence-electron chi connectivity index (χ4n) is 2.66. The van der Waals surface area contributed by atoms with Crippen molar-refractivity contribution in [3.63, 3.8) is 0 Å². The highest BCUT2D eigenvalue weighted by molar-refractivity contribution is 8.00. The molecule has 3 heterocycles.